The fourth-order valence-corrected chi connectivity index (χ4v) is 3.89. The van der Waals surface area contributed by atoms with Crippen molar-refractivity contribution in [3.8, 4) is 11.1 Å². The van der Waals surface area contributed by atoms with Gasteiger partial charge in [-0.15, -0.1) is 11.3 Å². The van der Waals surface area contributed by atoms with Gasteiger partial charge in [0.1, 0.15) is 0 Å². The number of pyridine rings is 1. The van der Waals surface area contributed by atoms with Crippen LogP contribution >= 0.6 is 11.3 Å². The Labute approximate surface area is 132 Å². The molecule has 0 radical (unpaired) electrons. The van der Waals surface area contributed by atoms with Crippen LogP contribution in [0.1, 0.15) is 5.69 Å². The zero-order valence-electron chi connectivity index (χ0n) is 11.7. The van der Waals surface area contributed by atoms with Gasteiger partial charge in [-0.25, -0.2) is 13.4 Å². The third kappa shape index (κ3) is 3.15. The molecule has 0 atom stereocenters. The number of nitrogens with zero attached hydrogens (tertiary/aromatic N) is 2. The maximum atomic E-state index is 12.3. The van der Waals surface area contributed by atoms with E-state index in [9.17, 15) is 8.42 Å². The second-order valence-corrected chi connectivity index (χ2v) is 7.20. The molecule has 0 aliphatic heterocycles. The molecule has 0 aliphatic carbocycles. The van der Waals surface area contributed by atoms with E-state index < -0.39 is 10.0 Å². The van der Waals surface area contributed by atoms with Crippen LogP contribution in [0.25, 0.3) is 11.1 Å². The zero-order valence-corrected chi connectivity index (χ0v) is 13.4. The van der Waals surface area contributed by atoms with Gasteiger partial charge in [-0.2, -0.15) is 0 Å². The fourth-order valence-electron chi connectivity index (χ4n) is 1.95. The number of benzene rings is 1. The van der Waals surface area contributed by atoms with Gasteiger partial charge in [0.15, 0.2) is 5.13 Å². The summed E-state index contributed by atoms with van der Waals surface area (Å²) in [6.07, 6.45) is 3.40. The molecule has 0 unspecified atom stereocenters. The van der Waals surface area contributed by atoms with E-state index >= 15 is 0 Å². The van der Waals surface area contributed by atoms with E-state index in [0.717, 1.165) is 16.8 Å². The average molecular weight is 331 g/mol. The van der Waals surface area contributed by atoms with Crippen molar-refractivity contribution in [3.63, 3.8) is 0 Å². The molecule has 0 bridgehead atoms. The maximum Gasteiger partial charge on any atom is 0.263 e. The highest BCUT2D eigenvalue weighted by molar-refractivity contribution is 7.93. The van der Waals surface area contributed by atoms with Crippen molar-refractivity contribution in [3.05, 3.63) is 59.9 Å². The van der Waals surface area contributed by atoms with Crippen LogP contribution < -0.4 is 4.72 Å². The Morgan fingerprint density at radius 3 is 2.23 bits per heavy atom. The lowest BCUT2D eigenvalue weighted by molar-refractivity contribution is 0.601. The maximum absolute atomic E-state index is 12.3. The number of aromatic nitrogens is 2. The van der Waals surface area contributed by atoms with Crippen LogP contribution in [0.2, 0.25) is 0 Å². The van der Waals surface area contributed by atoms with Crippen molar-refractivity contribution in [1.29, 1.82) is 0 Å². The number of anilines is 1. The first-order chi connectivity index (χ1) is 10.5. The van der Waals surface area contributed by atoms with Crippen molar-refractivity contribution >= 4 is 26.5 Å². The molecule has 0 aliphatic rings. The minimum Gasteiger partial charge on any atom is -0.265 e. The first-order valence-electron chi connectivity index (χ1n) is 6.50. The molecule has 0 saturated carbocycles. The summed E-state index contributed by atoms with van der Waals surface area (Å²) in [4.78, 5) is 8.28. The van der Waals surface area contributed by atoms with Gasteiger partial charge < -0.3 is 0 Å². The van der Waals surface area contributed by atoms with Crippen LogP contribution in [0.5, 0.6) is 0 Å². The Hall–Kier alpha value is -2.25. The number of sulfonamides is 1. The highest BCUT2D eigenvalue weighted by atomic mass is 32.2. The number of nitrogens with one attached hydrogen (secondary N) is 1. The summed E-state index contributed by atoms with van der Waals surface area (Å²) in [6, 6.07) is 10.5. The summed E-state index contributed by atoms with van der Waals surface area (Å²) in [5.41, 5.74) is 2.71. The van der Waals surface area contributed by atoms with Crippen molar-refractivity contribution in [1.82, 2.24) is 9.97 Å². The number of aryl methyl sites for hydroxylation is 1. The predicted molar refractivity (Wildman–Crippen MR) is 87.3 cm³/mol. The van der Waals surface area contributed by atoms with Crippen molar-refractivity contribution in [2.24, 2.45) is 0 Å². The second kappa shape index (κ2) is 5.86. The molecular formula is C15H13N3O2S2. The Morgan fingerprint density at radius 1 is 1.00 bits per heavy atom. The molecule has 5 nitrogen and oxygen atoms in total. The lowest BCUT2D eigenvalue weighted by Gasteiger charge is -2.06. The summed E-state index contributed by atoms with van der Waals surface area (Å²) in [5.74, 6) is 0. The highest BCUT2D eigenvalue weighted by Gasteiger charge is 2.15. The largest absolute Gasteiger partial charge is 0.265 e. The van der Waals surface area contributed by atoms with Crippen LogP contribution in [-0.4, -0.2) is 18.4 Å². The minimum absolute atomic E-state index is 0.207. The van der Waals surface area contributed by atoms with Crippen LogP contribution in [0.15, 0.2) is 59.1 Å². The molecule has 2 heterocycles. The Balaban J connectivity index is 1.86. The summed E-state index contributed by atoms with van der Waals surface area (Å²) >= 11 is 1.26. The zero-order chi connectivity index (χ0) is 15.6. The molecule has 0 fully saturated rings. The lowest BCUT2D eigenvalue weighted by Crippen LogP contribution is -2.12. The Bertz CT molecular complexity index is 873. The van der Waals surface area contributed by atoms with Crippen LogP contribution in [0, 0.1) is 6.92 Å². The molecule has 2 aromatic heterocycles. The Morgan fingerprint density at radius 2 is 1.64 bits per heavy atom. The molecule has 1 aromatic carbocycles. The highest BCUT2D eigenvalue weighted by Crippen LogP contribution is 2.23. The van der Waals surface area contributed by atoms with E-state index in [1.807, 2.05) is 19.1 Å². The van der Waals surface area contributed by atoms with Gasteiger partial charge in [0.25, 0.3) is 10.0 Å². The number of hydrogen-bond donors (Lipinski definition) is 1. The quantitative estimate of drug-likeness (QED) is 0.796. The SMILES string of the molecule is Cc1csc(NS(=O)(=O)c2ccc(-c3ccncc3)cc2)n1. The van der Waals surface area contributed by atoms with Gasteiger partial charge >= 0.3 is 0 Å². The first kappa shape index (κ1) is 14.7. The standard InChI is InChI=1S/C15H13N3O2S2/c1-11-10-21-15(17-11)18-22(19,20)14-4-2-12(3-5-14)13-6-8-16-9-7-13/h2-10H,1H3,(H,17,18). The molecular weight excluding hydrogens is 318 g/mol. The molecule has 3 aromatic rings. The molecule has 7 heteroatoms. The van der Waals surface area contributed by atoms with Crippen LogP contribution in [-0.2, 0) is 10.0 Å². The summed E-state index contributed by atoms with van der Waals surface area (Å²) in [5, 5.41) is 2.17. The molecule has 1 N–H and O–H groups in total. The normalized spacial score (nSPS) is 11.3. The van der Waals surface area contributed by atoms with Crippen molar-refractivity contribution < 1.29 is 8.42 Å². The summed E-state index contributed by atoms with van der Waals surface area (Å²) < 4.78 is 27.1. The van der Waals surface area contributed by atoms with Crippen LogP contribution in [0.3, 0.4) is 0 Å². The van der Waals surface area contributed by atoms with E-state index in [4.69, 9.17) is 0 Å². The number of hydrogen-bond acceptors (Lipinski definition) is 5. The van der Waals surface area contributed by atoms with Gasteiger partial charge in [-0.05, 0) is 42.3 Å². The van der Waals surface area contributed by atoms with E-state index in [0.29, 0.717) is 5.13 Å². The predicted octanol–water partition coefficient (Wildman–Crippen LogP) is 3.31. The monoisotopic (exact) mass is 331 g/mol. The summed E-state index contributed by atoms with van der Waals surface area (Å²) in [6.45, 7) is 1.82. The van der Waals surface area contributed by atoms with Gasteiger partial charge in [0.2, 0.25) is 0 Å². The number of rotatable bonds is 4. The second-order valence-electron chi connectivity index (χ2n) is 4.66. The first-order valence-corrected chi connectivity index (χ1v) is 8.86. The smallest absolute Gasteiger partial charge is 0.263 e. The fraction of sp³-hybridized carbons (Fsp3) is 0.0667. The molecule has 0 saturated heterocycles. The average Bonchev–Trinajstić information content (AvgIpc) is 2.93. The van der Waals surface area contributed by atoms with E-state index in [2.05, 4.69) is 14.7 Å². The van der Waals surface area contributed by atoms with Gasteiger partial charge in [0, 0.05) is 17.8 Å². The van der Waals surface area contributed by atoms with E-state index in [-0.39, 0.29) is 4.90 Å². The van der Waals surface area contributed by atoms with Gasteiger partial charge in [-0.3, -0.25) is 9.71 Å². The molecule has 3 rings (SSSR count). The third-order valence-corrected chi connectivity index (χ3v) is 5.38. The number of thiazole rings is 1. The Kier molecular flexibility index (Phi) is 3.91. The topological polar surface area (TPSA) is 72.0 Å². The van der Waals surface area contributed by atoms with E-state index in [1.165, 1.54) is 11.3 Å². The summed E-state index contributed by atoms with van der Waals surface area (Å²) in [7, 11) is -3.61. The van der Waals surface area contributed by atoms with Crippen molar-refractivity contribution in [2.75, 3.05) is 4.72 Å². The van der Waals surface area contributed by atoms with Gasteiger partial charge in [0.05, 0.1) is 10.6 Å². The van der Waals surface area contributed by atoms with Crippen molar-refractivity contribution in [2.45, 2.75) is 11.8 Å². The van der Waals surface area contributed by atoms with E-state index in [1.54, 1.807) is 42.0 Å². The molecule has 0 spiro atoms. The third-order valence-electron chi connectivity index (χ3n) is 3.02. The molecule has 22 heavy (non-hydrogen) atoms. The minimum atomic E-state index is -3.61. The lowest BCUT2D eigenvalue weighted by atomic mass is 10.1. The van der Waals surface area contributed by atoms with Crippen LogP contribution in [0.4, 0.5) is 5.13 Å². The van der Waals surface area contributed by atoms with Gasteiger partial charge in [-0.1, -0.05) is 12.1 Å². The molecule has 0 amide bonds. The molecule has 112 valence electrons.